The van der Waals surface area contributed by atoms with Crippen molar-refractivity contribution in [2.24, 2.45) is 0 Å². The molecular weight excluding hydrogens is 330 g/mol. The van der Waals surface area contributed by atoms with Gasteiger partial charge in [0.2, 0.25) is 0 Å². The molecule has 0 fully saturated rings. The predicted molar refractivity (Wildman–Crippen MR) is 90.8 cm³/mol. The monoisotopic (exact) mass is 347 g/mol. The van der Waals surface area contributed by atoms with Gasteiger partial charge in [0.05, 0.1) is 12.5 Å². The number of carbonyl (C=O) groups is 2. The standard InChI is InChI=1S/C18H18ClNO4/c1-20(18(23)24-12-13-7-3-2-4-8-13)16(11-17(21)22)14-9-5-6-10-15(14)19/h2-10,16H,11-12H2,1H3,(H,21,22). The molecule has 0 heterocycles. The zero-order valence-corrected chi connectivity index (χ0v) is 13.9. The Morgan fingerprint density at radius 1 is 1.12 bits per heavy atom. The Bertz CT molecular complexity index is 705. The first kappa shape index (κ1) is 17.8. The normalized spacial score (nSPS) is 11.6. The number of halogens is 1. The second kappa shape index (κ2) is 8.36. The van der Waals surface area contributed by atoms with Gasteiger partial charge < -0.3 is 14.7 Å². The van der Waals surface area contributed by atoms with E-state index in [1.165, 1.54) is 11.9 Å². The van der Waals surface area contributed by atoms with Gasteiger partial charge in [0.25, 0.3) is 0 Å². The van der Waals surface area contributed by atoms with Crippen molar-refractivity contribution < 1.29 is 19.4 Å². The summed E-state index contributed by atoms with van der Waals surface area (Å²) in [5, 5.41) is 9.56. The highest BCUT2D eigenvalue weighted by molar-refractivity contribution is 6.31. The number of nitrogens with zero attached hydrogens (tertiary/aromatic N) is 1. The number of carboxylic acid groups (broad SMARTS) is 1. The van der Waals surface area contributed by atoms with Crippen LogP contribution in [0.2, 0.25) is 5.02 Å². The Morgan fingerprint density at radius 2 is 1.75 bits per heavy atom. The summed E-state index contributed by atoms with van der Waals surface area (Å²) in [5.41, 5.74) is 1.42. The van der Waals surface area contributed by atoms with Crippen molar-refractivity contribution in [3.8, 4) is 0 Å². The highest BCUT2D eigenvalue weighted by Gasteiger charge is 2.27. The topological polar surface area (TPSA) is 66.8 Å². The van der Waals surface area contributed by atoms with Crippen molar-refractivity contribution in [1.29, 1.82) is 0 Å². The van der Waals surface area contributed by atoms with Gasteiger partial charge in [0.1, 0.15) is 6.61 Å². The number of carboxylic acids is 1. The third-order valence-electron chi connectivity index (χ3n) is 3.59. The number of hydrogen-bond donors (Lipinski definition) is 1. The van der Waals surface area contributed by atoms with Crippen LogP contribution in [0.25, 0.3) is 0 Å². The fourth-order valence-electron chi connectivity index (χ4n) is 2.31. The summed E-state index contributed by atoms with van der Waals surface area (Å²) in [5.74, 6) is -1.03. The van der Waals surface area contributed by atoms with Gasteiger partial charge in [-0.2, -0.15) is 0 Å². The van der Waals surface area contributed by atoms with Crippen molar-refractivity contribution in [3.05, 3.63) is 70.7 Å². The van der Waals surface area contributed by atoms with E-state index in [1.807, 2.05) is 30.3 Å². The minimum absolute atomic E-state index is 0.117. The zero-order valence-electron chi connectivity index (χ0n) is 13.2. The molecule has 2 rings (SSSR count). The first-order valence-corrected chi connectivity index (χ1v) is 7.76. The Labute approximate surface area is 145 Å². The fourth-order valence-corrected chi connectivity index (χ4v) is 2.58. The number of aliphatic carboxylic acids is 1. The molecule has 0 aliphatic heterocycles. The van der Waals surface area contributed by atoms with Crippen LogP contribution in [0.4, 0.5) is 4.79 Å². The Balaban J connectivity index is 2.12. The second-order valence-corrected chi connectivity index (χ2v) is 5.69. The van der Waals surface area contributed by atoms with E-state index in [9.17, 15) is 9.59 Å². The Kier molecular flexibility index (Phi) is 6.21. The van der Waals surface area contributed by atoms with Gasteiger partial charge in [0.15, 0.2) is 0 Å². The van der Waals surface area contributed by atoms with E-state index in [4.69, 9.17) is 21.4 Å². The molecule has 2 aromatic carbocycles. The van der Waals surface area contributed by atoms with E-state index in [0.717, 1.165) is 5.56 Å². The summed E-state index contributed by atoms with van der Waals surface area (Å²) in [6, 6.07) is 15.4. The third-order valence-corrected chi connectivity index (χ3v) is 3.94. The van der Waals surface area contributed by atoms with Crippen LogP contribution in [-0.4, -0.2) is 29.1 Å². The summed E-state index contributed by atoms with van der Waals surface area (Å²) in [6.45, 7) is 0.117. The second-order valence-electron chi connectivity index (χ2n) is 5.29. The molecule has 0 spiro atoms. The number of ether oxygens (including phenoxy) is 1. The zero-order chi connectivity index (χ0) is 17.5. The minimum Gasteiger partial charge on any atom is -0.481 e. The van der Waals surface area contributed by atoms with Crippen LogP contribution >= 0.6 is 11.6 Å². The van der Waals surface area contributed by atoms with Crippen LogP contribution in [0.1, 0.15) is 23.6 Å². The molecule has 1 unspecified atom stereocenters. The quantitative estimate of drug-likeness (QED) is 0.853. The van der Waals surface area contributed by atoms with E-state index < -0.39 is 18.1 Å². The molecule has 0 saturated carbocycles. The molecule has 1 atom stereocenters. The molecule has 1 amide bonds. The average molecular weight is 348 g/mol. The number of rotatable bonds is 6. The molecule has 0 saturated heterocycles. The van der Waals surface area contributed by atoms with Crippen LogP contribution in [0.5, 0.6) is 0 Å². The molecule has 0 radical (unpaired) electrons. The van der Waals surface area contributed by atoms with Crippen molar-refractivity contribution >= 4 is 23.7 Å². The molecule has 1 N–H and O–H groups in total. The van der Waals surface area contributed by atoms with Gasteiger partial charge in [-0.3, -0.25) is 4.79 Å². The van der Waals surface area contributed by atoms with Gasteiger partial charge in [-0.05, 0) is 17.2 Å². The fraction of sp³-hybridized carbons (Fsp3) is 0.222. The van der Waals surface area contributed by atoms with Gasteiger partial charge in [-0.25, -0.2) is 4.79 Å². The van der Waals surface area contributed by atoms with Gasteiger partial charge in [-0.1, -0.05) is 60.1 Å². The highest BCUT2D eigenvalue weighted by atomic mass is 35.5. The van der Waals surface area contributed by atoms with Gasteiger partial charge >= 0.3 is 12.1 Å². The number of benzene rings is 2. The molecular formula is C18H18ClNO4. The molecule has 2 aromatic rings. The molecule has 0 aromatic heterocycles. The SMILES string of the molecule is CN(C(=O)OCc1ccccc1)C(CC(=O)O)c1ccccc1Cl. The molecule has 0 aliphatic carbocycles. The maximum absolute atomic E-state index is 12.3. The minimum atomic E-state index is -1.03. The summed E-state index contributed by atoms with van der Waals surface area (Å²) in [7, 11) is 1.50. The van der Waals surface area contributed by atoms with Crippen molar-refractivity contribution in [2.45, 2.75) is 19.1 Å². The van der Waals surface area contributed by atoms with E-state index in [1.54, 1.807) is 24.3 Å². The molecule has 0 bridgehead atoms. The van der Waals surface area contributed by atoms with Crippen molar-refractivity contribution in [1.82, 2.24) is 4.90 Å². The number of amides is 1. The number of hydrogen-bond acceptors (Lipinski definition) is 3. The lowest BCUT2D eigenvalue weighted by molar-refractivity contribution is -0.138. The molecule has 24 heavy (non-hydrogen) atoms. The smallest absolute Gasteiger partial charge is 0.410 e. The van der Waals surface area contributed by atoms with Crippen LogP contribution in [0.15, 0.2) is 54.6 Å². The first-order valence-electron chi connectivity index (χ1n) is 7.38. The third kappa shape index (κ3) is 4.73. The predicted octanol–water partition coefficient (Wildman–Crippen LogP) is 4.12. The first-order chi connectivity index (χ1) is 11.5. The molecule has 5 nitrogen and oxygen atoms in total. The van der Waals surface area contributed by atoms with Gasteiger partial charge in [-0.15, -0.1) is 0 Å². The summed E-state index contributed by atoms with van der Waals surface area (Å²) < 4.78 is 5.26. The lowest BCUT2D eigenvalue weighted by Gasteiger charge is -2.27. The molecule has 0 aliphatic rings. The largest absolute Gasteiger partial charge is 0.481 e. The maximum atomic E-state index is 12.3. The van der Waals surface area contributed by atoms with Crippen molar-refractivity contribution in [3.63, 3.8) is 0 Å². The van der Waals surface area contributed by atoms with Crippen LogP contribution < -0.4 is 0 Å². The summed E-state index contributed by atoms with van der Waals surface area (Å²) in [6.07, 6.45) is -0.870. The highest BCUT2D eigenvalue weighted by Crippen LogP contribution is 2.30. The van der Waals surface area contributed by atoms with Crippen LogP contribution in [-0.2, 0) is 16.1 Å². The summed E-state index contributed by atoms with van der Waals surface area (Å²) in [4.78, 5) is 24.7. The Hall–Kier alpha value is -2.53. The van der Waals surface area contributed by atoms with Crippen LogP contribution in [0.3, 0.4) is 0 Å². The van der Waals surface area contributed by atoms with E-state index in [2.05, 4.69) is 0 Å². The lowest BCUT2D eigenvalue weighted by atomic mass is 10.0. The average Bonchev–Trinajstić information content (AvgIpc) is 2.58. The number of carbonyl (C=O) groups excluding carboxylic acids is 1. The maximum Gasteiger partial charge on any atom is 0.410 e. The van der Waals surface area contributed by atoms with Gasteiger partial charge in [0, 0.05) is 12.1 Å². The molecule has 6 heteroatoms. The summed E-state index contributed by atoms with van der Waals surface area (Å²) >= 11 is 6.15. The molecule has 126 valence electrons. The van der Waals surface area contributed by atoms with E-state index >= 15 is 0 Å². The Morgan fingerprint density at radius 3 is 2.38 bits per heavy atom. The van der Waals surface area contributed by atoms with Crippen molar-refractivity contribution in [2.75, 3.05) is 7.05 Å². The lowest BCUT2D eigenvalue weighted by Crippen LogP contribution is -2.33. The van der Waals surface area contributed by atoms with E-state index in [0.29, 0.717) is 10.6 Å². The van der Waals surface area contributed by atoms with E-state index in [-0.39, 0.29) is 13.0 Å². The van der Waals surface area contributed by atoms with Crippen LogP contribution in [0, 0.1) is 0 Å².